The predicted molar refractivity (Wildman–Crippen MR) is 86.6 cm³/mol. The van der Waals surface area contributed by atoms with Gasteiger partial charge in [0.05, 0.1) is 0 Å². The summed E-state index contributed by atoms with van der Waals surface area (Å²) in [5.74, 6) is 0.123. The van der Waals surface area contributed by atoms with Crippen LogP contribution in [-0.4, -0.2) is 5.78 Å². The number of Topliss-reactive ketones (excluding diaryl/α,β-unsaturated/α-hetero) is 1. The van der Waals surface area contributed by atoms with Crippen LogP contribution in [0.15, 0.2) is 66.3 Å². The first kappa shape index (κ1) is 12.1. The second-order valence-corrected chi connectivity index (χ2v) is 5.45. The van der Waals surface area contributed by atoms with Crippen molar-refractivity contribution in [2.45, 2.75) is 6.92 Å². The van der Waals surface area contributed by atoms with Crippen molar-refractivity contribution < 1.29 is 4.79 Å². The van der Waals surface area contributed by atoms with Gasteiger partial charge >= 0.3 is 0 Å². The molecule has 2 aliphatic rings. The molecule has 2 aromatic rings. The van der Waals surface area contributed by atoms with Gasteiger partial charge in [-0.1, -0.05) is 54.6 Å². The summed E-state index contributed by atoms with van der Waals surface area (Å²) in [6.07, 6.45) is 6.04. The van der Waals surface area contributed by atoms with Crippen molar-refractivity contribution >= 4 is 23.0 Å². The summed E-state index contributed by atoms with van der Waals surface area (Å²) in [6.45, 7) is 2.04. The van der Waals surface area contributed by atoms with Gasteiger partial charge in [-0.3, -0.25) is 4.79 Å². The zero-order valence-corrected chi connectivity index (χ0v) is 11.8. The number of hydrogen-bond donors (Lipinski definition) is 0. The van der Waals surface area contributed by atoms with Crippen molar-refractivity contribution in [3.8, 4) is 0 Å². The second-order valence-electron chi connectivity index (χ2n) is 5.45. The van der Waals surface area contributed by atoms with E-state index in [-0.39, 0.29) is 5.78 Å². The first-order valence-electron chi connectivity index (χ1n) is 7.10. The molecule has 0 bridgehead atoms. The molecule has 0 aliphatic heterocycles. The van der Waals surface area contributed by atoms with Gasteiger partial charge < -0.3 is 0 Å². The van der Waals surface area contributed by atoms with E-state index >= 15 is 0 Å². The smallest absolute Gasteiger partial charge is 0.194 e. The lowest BCUT2D eigenvalue weighted by atomic mass is 9.86. The molecule has 0 heterocycles. The highest BCUT2D eigenvalue weighted by molar-refractivity contribution is 6.38. The minimum atomic E-state index is 0.123. The molecule has 0 saturated heterocycles. The molecule has 0 aromatic heterocycles. The van der Waals surface area contributed by atoms with Crippen LogP contribution >= 0.6 is 0 Å². The Morgan fingerprint density at radius 3 is 2.19 bits per heavy atom. The van der Waals surface area contributed by atoms with Gasteiger partial charge in [0.2, 0.25) is 0 Å². The van der Waals surface area contributed by atoms with Gasteiger partial charge in [0, 0.05) is 11.1 Å². The Morgan fingerprint density at radius 1 is 0.714 bits per heavy atom. The van der Waals surface area contributed by atoms with Gasteiger partial charge in [-0.15, -0.1) is 0 Å². The third-order valence-corrected chi connectivity index (χ3v) is 4.18. The molecular weight excluding hydrogens is 256 g/mol. The molecule has 0 amide bonds. The summed E-state index contributed by atoms with van der Waals surface area (Å²) >= 11 is 0. The monoisotopic (exact) mass is 270 g/mol. The van der Waals surface area contributed by atoms with Crippen molar-refractivity contribution in [3.63, 3.8) is 0 Å². The highest BCUT2D eigenvalue weighted by Gasteiger charge is 2.29. The molecule has 1 heteroatoms. The van der Waals surface area contributed by atoms with Crippen LogP contribution in [0.4, 0.5) is 0 Å². The zero-order valence-electron chi connectivity index (χ0n) is 11.8. The van der Waals surface area contributed by atoms with E-state index in [1.807, 2.05) is 55.5 Å². The normalized spacial score (nSPS) is 15.9. The Balaban J connectivity index is 1.87. The van der Waals surface area contributed by atoms with Crippen molar-refractivity contribution in [1.82, 2.24) is 0 Å². The highest BCUT2D eigenvalue weighted by atomic mass is 16.1. The van der Waals surface area contributed by atoms with Gasteiger partial charge in [-0.25, -0.2) is 0 Å². The van der Waals surface area contributed by atoms with E-state index in [1.54, 1.807) is 0 Å². The van der Waals surface area contributed by atoms with Gasteiger partial charge in [-0.05, 0) is 46.9 Å². The van der Waals surface area contributed by atoms with Gasteiger partial charge in [0.1, 0.15) is 0 Å². The SMILES string of the molecule is Cc1ccccc1C1=CC=C2C(=Cc3ccccc32)C1=O. The highest BCUT2D eigenvalue weighted by Crippen LogP contribution is 2.41. The molecule has 2 aliphatic carbocycles. The number of ketones is 1. The fourth-order valence-electron chi connectivity index (χ4n) is 3.09. The standard InChI is InChI=1S/C20H14O/c1-13-6-2-4-8-15(13)18-11-10-17-16-9-5-3-7-14(16)12-19(17)20(18)21/h2-12H,1H3. The second kappa shape index (κ2) is 4.42. The van der Waals surface area contributed by atoms with Crippen LogP contribution in [0.25, 0.3) is 17.2 Å². The van der Waals surface area contributed by atoms with Crippen LogP contribution < -0.4 is 0 Å². The number of carbonyl (C=O) groups excluding carboxylic acids is 1. The first-order valence-corrected chi connectivity index (χ1v) is 7.10. The average Bonchev–Trinajstić information content (AvgIpc) is 2.89. The van der Waals surface area contributed by atoms with Crippen molar-refractivity contribution in [2.75, 3.05) is 0 Å². The van der Waals surface area contributed by atoms with Crippen LogP contribution in [-0.2, 0) is 4.79 Å². The van der Waals surface area contributed by atoms with Crippen LogP contribution in [0.5, 0.6) is 0 Å². The minimum Gasteiger partial charge on any atom is -0.289 e. The van der Waals surface area contributed by atoms with E-state index in [4.69, 9.17) is 0 Å². The van der Waals surface area contributed by atoms with E-state index in [1.165, 1.54) is 0 Å². The third kappa shape index (κ3) is 1.74. The number of aryl methyl sites for hydroxylation is 1. The van der Waals surface area contributed by atoms with Crippen LogP contribution in [0, 0.1) is 6.92 Å². The fraction of sp³-hybridized carbons (Fsp3) is 0.0500. The maximum absolute atomic E-state index is 12.9. The number of carbonyl (C=O) groups is 1. The summed E-state index contributed by atoms with van der Waals surface area (Å²) in [7, 11) is 0. The van der Waals surface area contributed by atoms with Crippen molar-refractivity contribution in [2.24, 2.45) is 0 Å². The molecule has 2 aromatic carbocycles. The molecule has 0 N–H and O–H groups in total. The van der Waals surface area contributed by atoms with E-state index in [0.717, 1.165) is 39.0 Å². The van der Waals surface area contributed by atoms with E-state index < -0.39 is 0 Å². The number of fused-ring (bicyclic) bond motifs is 3. The van der Waals surface area contributed by atoms with Crippen LogP contribution in [0.2, 0.25) is 0 Å². The maximum Gasteiger partial charge on any atom is 0.194 e. The predicted octanol–water partition coefficient (Wildman–Crippen LogP) is 4.44. The Kier molecular flexibility index (Phi) is 2.55. The van der Waals surface area contributed by atoms with Gasteiger partial charge in [0.15, 0.2) is 5.78 Å². The number of hydrogen-bond acceptors (Lipinski definition) is 1. The van der Waals surface area contributed by atoms with Crippen molar-refractivity contribution in [1.29, 1.82) is 0 Å². The number of allylic oxidation sites excluding steroid dienone is 5. The summed E-state index contributed by atoms with van der Waals surface area (Å²) in [4.78, 5) is 12.9. The van der Waals surface area contributed by atoms with Gasteiger partial charge in [0.25, 0.3) is 0 Å². The molecule has 0 saturated carbocycles. The molecule has 0 radical (unpaired) electrons. The molecule has 0 fully saturated rings. The Hall–Kier alpha value is -2.67. The molecule has 4 rings (SSSR count). The molecule has 100 valence electrons. The Labute approximate surface area is 123 Å². The van der Waals surface area contributed by atoms with E-state index in [2.05, 4.69) is 18.2 Å². The molecule has 21 heavy (non-hydrogen) atoms. The molecule has 0 atom stereocenters. The number of benzene rings is 2. The summed E-state index contributed by atoms with van der Waals surface area (Å²) in [6, 6.07) is 16.2. The number of rotatable bonds is 1. The van der Waals surface area contributed by atoms with Crippen LogP contribution in [0.3, 0.4) is 0 Å². The largest absolute Gasteiger partial charge is 0.289 e. The van der Waals surface area contributed by atoms with Crippen LogP contribution in [0.1, 0.15) is 22.3 Å². The summed E-state index contributed by atoms with van der Waals surface area (Å²) in [5.41, 5.74) is 7.09. The average molecular weight is 270 g/mol. The maximum atomic E-state index is 12.9. The quantitative estimate of drug-likeness (QED) is 0.748. The topological polar surface area (TPSA) is 17.1 Å². The third-order valence-electron chi connectivity index (χ3n) is 4.18. The summed E-state index contributed by atoms with van der Waals surface area (Å²) in [5, 5.41) is 0. The lowest BCUT2D eigenvalue weighted by molar-refractivity contribution is -0.110. The minimum absolute atomic E-state index is 0.123. The Morgan fingerprint density at radius 2 is 1.38 bits per heavy atom. The molecule has 0 spiro atoms. The molecule has 1 nitrogen and oxygen atoms in total. The van der Waals surface area contributed by atoms with E-state index in [0.29, 0.717) is 0 Å². The fourth-order valence-corrected chi connectivity index (χ4v) is 3.09. The lowest BCUT2D eigenvalue weighted by Gasteiger charge is -2.15. The molecular formula is C20H14O. The van der Waals surface area contributed by atoms with Crippen molar-refractivity contribution in [3.05, 3.63) is 88.5 Å². The first-order chi connectivity index (χ1) is 10.3. The lowest BCUT2D eigenvalue weighted by Crippen LogP contribution is -2.09. The van der Waals surface area contributed by atoms with Gasteiger partial charge in [-0.2, -0.15) is 0 Å². The zero-order chi connectivity index (χ0) is 14.4. The molecule has 0 unspecified atom stereocenters. The van der Waals surface area contributed by atoms with E-state index in [9.17, 15) is 4.79 Å². The Bertz CT molecular complexity index is 863. The summed E-state index contributed by atoms with van der Waals surface area (Å²) < 4.78 is 0.